The SMILES string of the molecule is CCCS(=O)(=O)CCC.FC(F)F. The zero-order valence-electron chi connectivity index (χ0n) is 7.76. The molecule has 0 rings (SSSR count). The zero-order valence-corrected chi connectivity index (χ0v) is 8.58. The van der Waals surface area contributed by atoms with Gasteiger partial charge < -0.3 is 0 Å². The van der Waals surface area contributed by atoms with Crippen LogP contribution < -0.4 is 0 Å². The second kappa shape index (κ2) is 8.34. The van der Waals surface area contributed by atoms with Gasteiger partial charge in [0, 0.05) is 11.5 Å². The molecule has 0 atom stereocenters. The van der Waals surface area contributed by atoms with Crippen molar-refractivity contribution in [1.82, 2.24) is 0 Å². The van der Waals surface area contributed by atoms with Gasteiger partial charge in [-0.25, -0.2) is 8.42 Å². The Bertz CT molecular complexity index is 175. The van der Waals surface area contributed by atoms with Crippen LogP contribution in [0.4, 0.5) is 13.2 Å². The van der Waals surface area contributed by atoms with Gasteiger partial charge >= 0.3 is 6.68 Å². The summed E-state index contributed by atoms with van der Waals surface area (Å²) in [5.74, 6) is 0.696. The fourth-order valence-electron chi connectivity index (χ4n) is 0.724. The highest BCUT2D eigenvalue weighted by Gasteiger charge is 2.05. The van der Waals surface area contributed by atoms with E-state index in [2.05, 4.69) is 0 Å². The van der Waals surface area contributed by atoms with Crippen LogP contribution in [0.2, 0.25) is 0 Å². The van der Waals surface area contributed by atoms with Gasteiger partial charge in [0.15, 0.2) is 0 Å². The summed E-state index contributed by atoms with van der Waals surface area (Å²) in [5.41, 5.74) is 0. The lowest BCUT2D eigenvalue weighted by atomic mass is 10.6. The van der Waals surface area contributed by atoms with Crippen LogP contribution in [0.1, 0.15) is 26.7 Å². The molecular formula is C7H15F3O2S. The quantitative estimate of drug-likeness (QED) is 0.729. The van der Waals surface area contributed by atoms with Crippen LogP contribution in [0.5, 0.6) is 0 Å². The molecule has 0 aliphatic heterocycles. The first-order valence-electron chi connectivity index (χ1n) is 3.98. The normalized spacial score (nSPS) is 10.9. The van der Waals surface area contributed by atoms with E-state index in [1.807, 2.05) is 13.8 Å². The Morgan fingerprint density at radius 3 is 1.38 bits per heavy atom. The van der Waals surface area contributed by atoms with Crippen LogP contribution in [0.3, 0.4) is 0 Å². The van der Waals surface area contributed by atoms with Crippen molar-refractivity contribution in [3.8, 4) is 0 Å². The topological polar surface area (TPSA) is 34.1 Å². The second-order valence-corrected chi connectivity index (χ2v) is 4.70. The monoisotopic (exact) mass is 220 g/mol. The minimum atomic E-state index is -3.67. The third kappa shape index (κ3) is 18.6. The molecule has 0 aliphatic rings. The highest BCUT2D eigenvalue weighted by atomic mass is 32.2. The molecule has 0 unspecified atom stereocenters. The summed E-state index contributed by atoms with van der Waals surface area (Å²) in [5, 5.41) is 0. The molecule has 82 valence electrons. The van der Waals surface area contributed by atoms with Crippen LogP contribution >= 0.6 is 0 Å². The Balaban J connectivity index is 0. The number of halogens is 3. The lowest BCUT2D eigenvalue weighted by Gasteiger charge is -1.96. The molecule has 0 radical (unpaired) electrons. The molecule has 0 fully saturated rings. The Morgan fingerprint density at radius 2 is 1.23 bits per heavy atom. The van der Waals surface area contributed by atoms with Gasteiger partial charge in [-0.05, 0) is 12.8 Å². The number of alkyl halides is 3. The number of hydrogen-bond acceptors (Lipinski definition) is 2. The Morgan fingerprint density at radius 1 is 1.00 bits per heavy atom. The standard InChI is InChI=1S/C6H14O2S.CHF3/c1-3-5-9(7,8)6-4-2;2-1(3)4/h3-6H2,1-2H3;1H. The predicted molar refractivity (Wildman–Crippen MR) is 46.3 cm³/mol. The highest BCUT2D eigenvalue weighted by Crippen LogP contribution is 1.94. The van der Waals surface area contributed by atoms with Gasteiger partial charge in [-0.3, -0.25) is 0 Å². The van der Waals surface area contributed by atoms with Gasteiger partial charge in [-0.1, -0.05) is 13.8 Å². The minimum Gasteiger partial charge on any atom is -0.229 e. The lowest BCUT2D eigenvalue weighted by molar-refractivity contribution is 0.00819. The average molecular weight is 220 g/mol. The average Bonchev–Trinajstić information content (AvgIpc) is 1.84. The smallest absolute Gasteiger partial charge is 0.229 e. The van der Waals surface area contributed by atoms with Crippen molar-refractivity contribution in [2.24, 2.45) is 0 Å². The summed E-state index contributed by atoms with van der Waals surface area (Å²) in [6, 6.07) is 0. The van der Waals surface area contributed by atoms with Crippen molar-refractivity contribution >= 4 is 9.84 Å². The van der Waals surface area contributed by atoms with Crippen LogP contribution in [0.25, 0.3) is 0 Å². The van der Waals surface area contributed by atoms with Gasteiger partial charge in [-0.2, -0.15) is 13.2 Å². The van der Waals surface area contributed by atoms with Crippen LogP contribution in [0, 0.1) is 0 Å². The maximum atomic E-state index is 10.8. The fourth-order valence-corrected chi connectivity index (χ4v) is 2.17. The summed E-state index contributed by atoms with van der Waals surface area (Å²) in [6.07, 6.45) is 1.48. The molecule has 0 heterocycles. The Kier molecular flexibility index (Phi) is 9.77. The first-order valence-corrected chi connectivity index (χ1v) is 5.80. The lowest BCUT2D eigenvalue weighted by Crippen LogP contribution is -2.08. The van der Waals surface area contributed by atoms with E-state index in [1.165, 1.54) is 0 Å². The molecule has 0 aromatic rings. The van der Waals surface area contributed by atoms with E-state index in [9.17, 15) is 21.6 Å². The van der Waals surface area contributed by atoms with E-state index in [0.29, 0.717) is 11.5 Å². The largest absolute Gasteiger partial charge is 0.379 e. The Hall–Kier alpha value is -0.260. The molecule has 0 amide bonds. The third-order valence-corrected chi connectivity index (χ3v) is 3.09. The zero-order chi connectivity index (χ0) is 10.9. The third-order valence-electron chi connectivity index (χ3n) is 1.03. The first-order chi connectivity index (χ1) is 5.85. The van der Waals surface area contributed by atoms with Crippen LogP contribution in [0.15, 0.2) is 0 Å². The second-order valence-electron chi connectivity index (χ2n) is 2.40. The maximum Gasteiger partial charge on any atom is 0.379 e. The highest BCUT2D eigenvalue weighted by molar-refractivity contribution is 7.91. The van der Waals surface area contributed by atoms with Crippen molar-refractivity contribution in [1.29, 1.82) is 0 Å². The van der Waals surface area contributed by atoms with Crippen molar-refractivity contribution in [2.75, 3.05) is 11.5 Å². The fraction of sp³-hybridized carbons (Fsp3) is 1.00. The van der Waals surface area contributed by atoms with Crippen LogP contribution in [-0.4, -0.2) is 26.6 Å². The summed E-state index contributed by atoms with van der Waals surface area (Å²) in [4.78, 5) is 0. The molecule has 13 heavy (non-hydrogen) atoms. The molecule has 0 aromatic carbocycles. The molecule has 0 saturated heterocycles. The van der Waals surface area contributed by atoms with E-state index in [-0.39, 0.29) is 0 Å². The predicted octanol–water partition coefficient (Wildman–Crippen LogP) is 2.40. The molecule has 6 heteroatoms. The van der Waals surface area contributed by atoms with E-state index in [1.54, 1.807) is 0 Å². The van der Waals surface area contributed by atoms with Crippen molar-refractivity contribution in [3.63, 3.8) is 0 Å². The molecular weight excluding hydrogens is 205 g/mol. The van der Waals surface area contributed by atoms with Crippen molar-refractivity contribution in [3.05, 3.63) is 0 Å². The van der Waals surface area contributed by atoms with Gasteiger partial charge in [-0.15, -0.1) is 0 Å². The number of sulfone groups is 1. The number of hydrogen-bond donors (Lipinski definition) is 0. The summed E-state index contributed by atoms with van der Waals surface area (Å²) in [6.45, 7) is 0.0976. The minimum absolute atomic E-state index is 0.348. The van der Waals surface area contributed by atoms with Crippen molar-refractivity contribution < 1.29 is 21.6 Å². The summed E-state index contributed by atoms with van der Waals surface area (Å²) >= 11 is 0. The molecule has 0 N–H and O–H groups in total. The molecule has 0 spiro atoms. The molecule has 0 bridgehead atoms. The van der Waals surface area contributed by atoms with E-state index in [4.69, 9.17) is 0 Å². The summed E-state index contributed by atoms with van der Waals surface area (Å²) < 4.78 is 50.7. The number of rotatable bonds is 4. The van der Waals surface area contributed by atoms with Gasteiger partial charge in [0.2, 0.25) is 0 Å². The van der Waals surface area contributed by atoms with Gasteiger partial charge in [0.1, 0.15) is 9.84 Å². The van der Waals surface area contributed by atoms with Gasteiger partial charge in [0.25, 0.3) is 0 Å². The van der Waals surface area contributed by atoms with Gasteiger partial charge in [0.05, 0.1) is 0 Å². The van der Waals surface area contributed by atoms with E-state index < -0.39 is 16.5 Å². The molecule has 0 saturated carbocycles. The first kappa shape index (κ1) is 15.2. The molecule has 0 aromatic heterocycles. The van der Waals surface area contributed by atoms with E-state index >= 15 is 0 Å². The molecule has 0 aliphatic carbocycles. The molecule has 2 nitrogen and oxygen atoms in total. The summed E-state index contributed by atoms with van der Waals surface area (Å²) in [7, 11) is -2.68. The van der Waals surface area contributed by atoms with E-state index in [0.717, 1.165) is 12.8 Å². The van der Waals surface area contributed by atoms with Crippen LogP contribution in [-0.2, 0) is 9.84 Å². The Labute approximate surface area is 77.1 Å². The van der Waals surface area contributed by atoms with Crippen molar-refractivity contribution in [2.45, 2.75) is 33.4 Å². The maximum absolute atomic E-state index is 10.8.